The molecule has 0 aliphatic heterocycles. The summed E-state index contributed by atoms with van der Waals surface area (Å²) in [5.41, 5.74) is -1.44. The molecule has 8 nitrogen and oxygen atoms in total. The van der Waals surface area contributed by atoms with Gasteiger partial charge < -0.3 is 10.6 Å². The highest BCUT2D eigenvalue weighted by Gasteiger charge is 2.14. The van der Waals surface area contributed by atoms with E-state index in [4.69, 9.17) is 11.6 Å². The van der Waals surface area contributed by atoms with Crippen molar-refractivity contribution in [2.24, 2.45) is 0 Å². The Labute approximate surface area is 166 Å². The van der Waals surface area contributed by atoms with Crippen molar-refractivity contribution in [1.29, 1.82) is 0 Å². The van der Waals surface area contributed by atoms with Gasteiger partial charge in [0.25, 0.3) is 11.5 Å². The molecule has 0 spiro atoms. The quantitative estimate of drug-likeness (QED) is 0.505. The average molecular weight is 515 g/mol. The maximum Gasteiger partial charge on any atom is 0.328 e. The molecule has 0 unspecified atom stereocenters. The summed E-state index contributed by atoms with van der Waals surface area (Å²) in [6, 6.07) is 0. The number of nitrogens with one attached hydrogen (secondary N) is 3. The van der Waals surface area contributed by atoms with E-state index in [2.05, 4.69) is 42.5 Å². The van der Waals surface area contributed by atoms with Gasteiger partial charge in [-0.1, -0.05) is 11.6 Å². The number of H-pyrrole nitrogens is 1. The molecular weight excluding hydrogens is 503 g/mol. The third-order valence-electron chi connectivity index (χ3n) is 2.91. The molecule has 25 heavy (non-hydrogen) atoms. The Bertz CT molecular complexity index is 923. The van der Waals surface area contributed by atoms with Gasteiger partial charge in [0.2, 0.25) is 5.91 Å². The van der Waals surface area contributed by atoms with Crippen molar-refractivity contribution in [1.82, 2.24) is 20.2 Å². The fourth-order valence-corrected chi connectivity index (χ4v) is 3.98. The molecule has 2 heterocycles. The lowest BCUT2D eigenvalue weighted by atomic mass is 10.4. The highest BCUT2D eigenvalue weighted by Crippen LogP contribution is 2.32. The first kappa shape index (κ1) is 19.9. The van der Waals surface area contributed by atoms with E-state index >= 15 is 0 Å². The van der Waals surface area contributed by atoms with Crippen LogP contribution < -0.4 is 21.9 Å². The largest absolute Gasteiger partial charge is 0.353 e. The number of aromatic nitrogens is 2. The van der Waals surface area contributed by atoms with E-state index in [1.165, 1.54) is 11.3 Å². The Kier molecular flexibility index (Phi) is 6.99. The zero-order chi connectivity index (χ0) is 18.6. The van der Waals surface area contributed by atoms with Gasteiger partial charge in [-0.05, 0) is 31.9 Å². The summed E-state index contributed by atoms with van der Waals surface area (Å²) >= 11 is 13.5. The average Bonchev–Trinajstić information content (AvgIpc) is 2.88. The van der Waals surface area contributed by atoms with Gasteiger partial charge in [0.15, 0.2) is 0 Å². The van der Waals surface area contributed by atoms with Crippen LogP contribution in [0.25, 0.3) is 0 Å². The summed E-state index contributed by atoms with van der Waals surface area (Å²) in [6.07, 6.45) is 1.09. The number of hydrogen-bond acceptors (Lipinski definition) is 5. The molecule has 0 saturated heterocycles. The van der Waals surface area contributed by atoms with Crippen molar-refractivity contribution in [3.63, 3.8) is 0 Å². The predicted molar refractivity (Wildman–Crippen MR) is 101 cm³/mol. The van der Waals surface area contributed by atoms with E-state index in [1.54, 1.807) is 5.38 Å². The summed E-state index contributed by atoms with van der Waals surface area (Å²) in [6.45, 7) is 0.0983. The van der Waals surface area contributed by atoms with E-state index in [9.17, 15) is 19.2 Å². The number of amides is 2. The van der Waals surface area contributed by atoms with Crippen molar-refractivity contribution in [2.75, 3.05) is 13.1 Å². The van der Waals surface area contributed by atoms with Crippen LogP contribution in [0.5, 0.6) is 0 Å². The van der Waals surface area contributed by atoms with Crippen LogP contribution in [0.1, 0.15) is 9.67 Å². The molecule has 12 heteroatoms. The van der Waals surface area contributed by atoms with Gasteiger partial charge in [0, 0.05) is 29.1 Å². The second kappa shape index (κ2) is 8.79. The van der Waals surface area contributed by atoms with Gasteiger partial charge in [-0.2, -0.15) is 0 Å². The maximum atomic E-state index is 12.0. The molecule has 3 N–H and O–H groups in total. The number of hydrogen-bond donors (Lipinski definition) is 3. The normalized spacial score (nSPS) is 10.5. The second-order valence-corrected chi connectivity index (χ2v) is 7.63. The molecule has 0 fully saturated rings. The molecule has 0 aromatic carbocycles. The number of nitrogens with zero attached hydrogens (tertiary/aromatic N) is 1. The SMILES string of the molecule is O=C(Cn1cc(Cl)c(=O)[nH]c1=O)NCCNC(=O)c1scc(Br)c1Br. The van der Waals surface area contributed by atoms with Crippen LogP contribution in [0.15, 0.2) is 30.1 Å². The van der Waals surface area contributed by atoms with Crippen molar-refractivity contribution in [3.8, 4) is 0 Å². The molecule has 0 saturated carbocycles. The van der Waals surface area contributed by atoms with Crippen molar-refractivity contribution in [2.45, 2.75) is 6.54 Å². The Hall–Kier alpha value is -1.43. The van der Waals surface area contributed by atoms with Crippen LogP contribution in [0.3, 0.4) is 0 Å². The lowest BCUT2D eigenvalue weighted by molar-refractivity contribution is -0.121. The molecule has 0 aliphatic rings. The number of carbonyl (C=O) groups is 2. The Morgan fingerprint density at radius 3 is 2.56 bits per heavy atom. The third kappa shape index (κ3) is 5.27. The van der Waals surface area contributed by atoms with E-state index < -0.39 is 17.2 Å². The lowest BCUT2D eigenvalue weighted by Crippen LogP contribution is -2.39. The van der Waals surface area contributed by atoms with E-state index in [1.807, 2.05) is 4.98 Å². The molecule has 2 rings (SSSR count). The number of halogens is 3. The number of aromatic amines is 1. The van der Waals surface area contributed by atoms with E-state index in [0.717, 1.165) is 15.2 Å². The van der Waals surface area contributed by atoms with Crippen molar-refractivity contribution >= 4 is 66.6 Å². The van der Waals surface area contributed by atoms with Gasteiger partial charge in [-0.3, -0.25) is 23.9 Å². The highest BCUT2D eigenvalue weighted by molar-refractivity contribution is 9.13. The monoisotopic (exact) mass is 512 g/mol. The van der Waals surface area contributed by atoms with Crippen molar-refractivity contribution in [3.05, 3.63) is 51.3 Å². The Balaban J connectivity index is 1.80. The van der Waals surface area contributed by atoms with E-state index in [-0.39, 0.29) is 30.6 Å². The highest BCUT2D eigenvalue weighted by atomic mass is 79.9. The molecule has 0 aliphatic carbocycles. The first-order valence-corrected chi connectivity index (χ1v) is 9.60. The standard InChI is InChI=1S/C13H11Br2ClN4O4S/c14-6-5-25-10(9(6)15)12(23)18-2-1-17-8(21)4-20-3-7(16)11(22)19-13(20)24/h3,5H,1-2,4H2,(H,17,21)(H,18,23)(H,19,22,24). The number of thiophene rings is 1. The predicted octanol–water partition coefficient (Wildman–Crippen LogP) is 1.32. The van der Waals surface area contributed by atoms with Crippen LogP contribution in [0.2, 0.25) is 5.02 Å². The van der Waals surface area contributed by atoms with E-state index in [0.29, 0.717) is 9.35 Å². The summed E-state index contributed by atoms with van der Waals surface area (Å²) < 4.78 is 2.45. The minimum Gasteiger partial charge on any atom is -0.353 e. The zero-order valence-electron chi connectivity index (χ0n) is 12.4. The minimum atomic E-state index is -0.731. The molecule has 0 atom stereocenters. The zero-order valence-corrected chi connectivity index (χ0v) is 17.1. The van der Waals surface area contributed by atoms with Gasteiger partial charge in [0.1, 0.15) is 16.4 Å². The van der Waals surface area contributed by atoms with Crippen LogP contribution in [-0.4, -0.2) is 34.5 Å². The first-order valence-electron chi connectivity index (χ1n) is 6.76. The molecule has 2 aromatic rings. The fourth-order valence-electron chi connectivity index (χ4n) is 1.74. The van der Waals surface area contributed by atoms with Gasteiger partial charge in [-0.25, -0.2) is 4.79 Å². The van der Waals surface area contributed by atoms with Crippen molar-refractivity contribution < 1.29 is 9.59 Å². The third-order valence-corrected chi connectivity index (χ3v) is 6.70. The van der Waals surface area contributed by atoms with Crippen LogP contribution in [0.4, 0.5) is 0 Å². The fraction of sp³-hybridized carbons (Fsp3) is 0.231. The molecule has 0 bridgehead atoms. The van der Waals surface area contributed by atoms with Gasteiger partial charge >= 0.3 is 5.69 Å². The van der Waals surface area contributed by atoms with Crippen LogP contribution in [0, 0.1) is 0 Å². The number of rotatable bonds is 6. The summed E-state index contributed by atoms with van der Waals surface area (Å²) in [5, 5.41) is 6.82. The maximum absolute atomic E-state index is 12.0. The second-order valence-electron chi connectivity index (χ2n) is 4.70. The number of carbonyl (C=O) groups excluding carboxylic acids is 2. The first-order chi connectivity index (χ1) is 11.8. The minimum absolute atomic E-state index is 0.181. The molecular formula is C13H11Br2ClN4O4S. The molecule has 0 radical (unpaired) electrons. The summed E-state index contributed by atoms with van der Waals surface area (Å²) in [5.74, 6) is -0.722. The Morgan fingerprint density at radius 2 is 1.92 bits per heavy atom. The lowest BCUT2D eigenvalue weighted by Gasteiger charge is -2.08. The van der Waals surface area contributed by atoms with Crippen LogP contribution in [-0.2, 0) is 11.3 Å². The Morgan fingerprint density at radius 1 is 1.24 bits per heavy atom. The molecule has 134 valence electrons. The van der Waals surface area contributed by atoms with Gasteiger partial charge in [-0.15, -0.1) is 11.3 Å². The summed E-state index contributed by atoms with van der Waals surface area (Å²) in [7, 11) is 0. The smallest absolute Gasteiger partial charge is 0.328 e. The van der Waals surface area contributed by atoms with Crippen LogP contribution >= 0.6 is 54.8 Å². The van der Waals surface area contributed by atoms with Gasteiger partial charge in [0.05, 0.1) is 4.47 Å². The molecule has 2 aromatic heterocycles. The summed E-state index contributed by atoms with van der Waals surface area (Å²) in [4.78, 5) is 49.0. The molecule has 2 amide bonds. The topological polar surface area (TPSA) is 113 Å².